The van der Waals surface area contributed by atoms with Gasteiger partial charge in [0.2, 0.25) is 5.91 Å². The lowest BCUT2D eigenvalue weighted by Gasteiger charge is -2.29. The highest BCUT2D eigenvalue weighted by molar-refractivity contribution is 7.90. The summed E-state index contributed by atoms with van der Waals surface area (Å²) >= 11 is 0. The number of rotatable bonds is 11. The highest BCUT2D eigenvalue weighted by atomic mass is 32.2. The summed E-state index contributed by atoms with van der Waals surface area (Å²) in [4.78, 5) is 27.0. The third-order valence-electron chi connectivity index (χ3n) is 6.43. The van der Waals surface area contributed by atoms with Gasteiger partial charge in [-0.05, 0) is 79.7 Å². The van der Waals surface area contributed by atoms with E-state index in [1.54, 1.807) is 48.8 Å². The first-order chi connectivity index (χ1) is 22.0. The quantitative estimate of drug-likeness (QED) is 0.142. The number of anilines is 1. The molecule has 4 aromatic rings. The van der Waals surface area contributed by atoms with Crippen molar-refractivity contribution in [2.75, 3.05) is 17.9 Å². The molecule has 4 rings (SSSR count). The Balaban J connectivity index is 0.000000771. The predicted octanol–water partition coefficient (Wildman–Crippen LogP) is 5.20. The van der Waals surface area contributed by atoms with Crippen LogP contribution in [0.5, 0.6) is 11.5 Å². The molecule has 4 N–H and O–H groups in total. The van der Waals surface area contributed by atoms with E-state index in [1.807, 2.05) is 45.0 Å². The normalized spacial score (nSPS) is 12.1. The van der Waals surface area contributed by atoms with Gasteiger partial charge in [0.25, 0.3) is 0 Å². The van der Waals surface area contributed by atoms with Crippen LogP contribution in [0.3, 0.4) is 0 Å². The highest BCUT2D eigenvalue weighted by Gasteiger charge is 2.38. The van der Waals surface area contributed by atoms with Crippen LogP contribution in [-0.4, -0.2) is 55.5 Å². The first kappa shape index (κ1) is 36.6. The number of nitrogens with zero attached hydrogens (tertiary/aromatic N) is 2. The van der Waals surface area contributed by atoms with Crippen molar-refractivity contribution in [3.8, 4) is 11.5 Å². The largest absolute Gasteiger partial charge is 0.490 e. The maximum Gasteiger partial charge on any atom is 0.490 e. The molecular weight excluding hydrogens is 641 g/mol. The van der Waals surface area contributed by atoms with Crippen LogP contribution in [0.4, 0.5) is 18.9 Å². The lowest BCUT2D eigenvalue weighted by molar-refractivity contribution is -0.192. The number of carbonyl (C=O) groups excluding carboxylic acids is 1. The number of aromatic nitrogens is 1. The Morgan fingerprint density at radius 2 is 1.72 bits per heavy atom. The van der Waals surface area contributed by atoms with Crippen LogP contribution in [0, 0.1) is 0 Å². The topological polar surface area (TPSA) is 161 Å². The van der Waals surface area contributed by atoms with Gasteiger partial charge in [-0.25, -0.2) is 19.1 Å². The zero-order valence-corrected chi connectivity index (χ0v) is 26.8. The summed E-state index contributed by atoms with van der Waals surface area (Å²) in [7, 11) is -3.38. The molecule has 1 aromatic heterocycles. The van der Waals surface area contributed by atoms with Gasteiger partial charge in [0, 0.05) is 30.6 Å². The molecule has 3 aromatic carbocycles. The van der Waals surface area contributed by atoms with Gasteiger partial charge in [0.1, 0.15) is 6.04 Å². The van der Waals surface area contributed by atoms with E-state index in [1.165, 1.54) is 11.1 Å². The number of alkyl halides is 3. The molecule has 1 unspecified atom stereocenters. The van der Waals surface area contributed by atoms with Crippen LogP contribution < -0.4 is 25.6 Å². The van der Waals surface area contributed by atoms with Gasteiger partial charge in [-0.3, -0.25) is 14.8 Å². The molecule has 0 aliphatic heterocycles. The number of benzene rings is 3. The molecule has 1 amide bonds. The lowest BCUT2D eigenvalue weighted by Crippen LogP contribution is -2.44. The zero-order valence-electron chi connectivity index (χ0n) is 26.0. The molecule has 0 aliphatic carbocycles. The van der Waals surface area contributed by atoms with E-state index in [9.17, 15) is 26.4 Å². The number of carboxylic acid groups (broad SMARTS) is 1. The lowest BCUT2D eigenvalue weighted by atomic mass is 10.0. The van der Waals surface area contributed by atoms with Crippen LogP contribution in [-0.2, 0) is 26.0 Å². The van der Waals surface area contributed by atoms with Crippen molar-refractivity contribution in [3.05, 3.63) is 90.3 Å². The van der Waals surface area contributed by atoms with Crippen molar-refractivity contribution >= 4 is 38.2 Å². The number of ether oxygens (including phenoxy) is 2. The van der Waals surface area contributed by atoms with E-state index in [4.69, 9.17) is 25.2 Å². The summed E-state index contributed by atoms with van der Waals surface area (Å²) in [5.41, 5.74) is 1.87. The Hall–Kier alpha value is -4.89. The van der Waals surface area contributed by atoms with E-state index in [0.717, 1.165) is 17.0 Å². The summed E-state index contributed by atoms with van der Waals surface area (Å²) in [6, 6.07) is 18.4. The average Bonchev–Trinajstić information content (AvgIpc) is 3.00. The number of carbonyl (C=O) groups is 2. The molecule has 0 fully saturated rings. The molecule has 0 aliphatic rings. The first-order valence-corrected chi connectivity index (χ1v) is 16.1. The first-order valence-electron chi connectivity index (χ1n) is 14.2. The maximum absolute atomic E-state index is 13.8. The van der Waals surface area contributed by atoms with Gasteiger partial charge in [-0.15, -0.1) is 0 Å². The fourth-order valence-corrected chi connectivity index (χ4v) is 5.00. The van der Waals surface area contributed by atoms with Crippen molar-refractivity contribution in [2.24, 2.45) is 5.84 Å². The second-order valence-corrected chi connectivity index (χ2v) is 12.5. The van der Waals surface area contributed by atoms with E-state index in [0.29, 0.717) is 34.9 Å². The van der Waals surface area contributed by atoms with E-state index >= 15 is 0 Å². The minimum absolute atomic E-state index is 0.0649. The van der Waals surface area contributed by atoms with E-state index in [2.05, 4.69) is 10.3 Å². The van der Waals surface area contributed by atoms with Gasteiger partial charge in [-0.1, -0.05) is 24.3 Å². The minimum atomic E-state index is -5.08. The number of fused-ring (bicyclic) bond motifs is 1. The fourth-order valence-electron chi connectivity index (χ4n) is 4.30. The summed E-state index contributed by atoms with van der Waals surface area (Å²) in [5, 5.41) is 13.3. The smallest absolute Gasteiger partial charge is 0.490 e. The number of halogens is 3. The molecule has 1 atom stereocenters. The van der Waals surface area contributed by atoms with Crippen molar-refractivity contribution in [1.29, 1.82) is 0 Å². The number of nitrogens with one attached hydrogen (secondary N) is 1. The number of carboxylic acids is 1. The fraction of sp³-hybridized carbons (Fsp3) is 0.281. The van der Waals surface area contributed by atoms with Gasteiger partial charge in [0.15, 0.2) is 21.3 Å². The van der Waals surface area contributed by atoms with Crippen LogP contribution in [0.25, 0.3) is 10.8 Å². The van der Waals surface area contributed by atoms with Crippen LogP contribution >= 0.6 is 0 Å². The van der Waals surface area contributed by atoms with Crippen LogP contribution in [0.15, 0.2) is 84.0 Å². The predicted molar refractivity (Wildman–Crippen MR) is 170 cm³/mol. The standard InChI is InChI=1S/C30H34N4O5S.C2HF3O2/c1-5-38-28-17-23(10-12-27(28)39-20(2)3)29(34(31)25-11-9-24-19-32-14-13-22(24)16-25)30(35)33-18-21-7-6-8-26(15-21)40(4,36)37;3-2(4,5)1(6)7/h6-17,19-20,29H,5,18,31H2,1-4H3,(H,33,35);(H,6,7). The molecule has 47 heavy (non-hydrogen) atoms. The Labute approximate surface area is 270 Å². The summed E-state index contributed by atoms with van der Waals surface area (Å²) in [6.07, 6.45) is -0.542. The monoisotopic (exact) mass is 676 g/mol. The van der Waals surface area contributed by atoms with Gasteiger partial charge in [0.05, 0.1) is 23.3 Å². The highest BCUT2D eigenvalue weighted by Crippen LogP contribution is 2.35. The number of pyridine rings is 1. The molecule has 0 spiro atoms. The minimum Gasteiger partial charge on any atom is -0.490 e. The Kier molecular flexibility index (Phi) is 12.1. The van der Waals surface area contributed by atoms with E-state index < -0.39 is 28.0 Å². The van der Waals surface area contributed by atoms with Gasteiger partial charge >= 0.3 is 12.1 Å². The Morgan fingerprint density at radius 1 is 1.02 bits per heavy atom. The third kappa shape index (κ3) is 10.3. The van der Waals surface area contributed by atoms with Crippen molar-refractivity contribution < 1.29 is 45.8 Å². The van der Waals surface area contributed by atoms with Crippen LogP contribution in [0.2, 0.25) is 0 Å². The number of amides is 1. The molecule has 0 bridgehead atoms. The molecular formula is C32H35F3N4O7S. The summed E-state index contributed by atoms with van der Waals surface area (Å²) < 4.78 is 67.5. The second-order valence-electron chi connectivity index (χ2n) is 10.5. The van der Waals surface area contributed by atoms with Gasteiger partial charge < -0.3 is 19.9 Å². The second kappa shape index (κ2) is 15.6. The molecule has 0 radical (unpaired) electrons. The Morgan fingerprint density at radius 3 is 2.34 bits per heavy atom. The molecule has 11 nitrogen and oxygen atoms in total. The van der Waals surface area contributed by atoms with Crippen molar-refractivity contribution in [1.82, 2.24) is 10.3 Å². The third-order valence-corrected chi connectivity index (χ3v) is 7.54. The van der Waals surface area contributed by atoms with Crippen molar-refractivity contribution in [2.45, 2.75) is 50.5 Å². The van der Waals surface area contributed by atoms with Gasteiger partial charge in [-0.2, -0.15) is 13.2 Å². The molecule has 252 valence electrons. The molecule has 15 heteroatoms. The maximum atomic E-state index is 13.8. The molecule has 0 saturated carbocycles. The van der Waals surface area contributed by atoms with Crippen molar-refractivity contribution in [3.63, 3.8) is 0 Å². The number of hydrazine groups is 1. The zero-order chi connectivity index (χ0) is 34.9. The van der Waals surface area contributed by atoms with Crippen LogP contribution in [0.1, 0.15) is 37.9 Å². The summed E-state index contributed by atoms with van der Waals surface area (Å²) in [5.74, 6) is 4.61. The number of aliphatic carboxylic acids is 1. The SMILES string of the molecule is CCOc1cc(C(C(=O)NCc2cccc(S(C)(=O)=O)c2)N(N)c2ccc3cnccc3c2)ccc1OC(C)C.O=C(O)C(F)(F)F. The number of hydrogen-bond donors (Lipinski definition) is 3. The van der Waals surface area contributed by atoms with E-state index in [-0.39, 0.29) is 23.5 Å². The Bertz CT molecular complexity index is 1820. The number of nitrogens with two attached hydrogens (primary N) is 1. The average molecular weight is 677 g/mol. The molecule has 1 heterocycles. The molecule has 0 saturated heterocycles. The summed E-state index contributed by atoms with van der Waals surface area (Å²) in [6.45, 7) is 6.25. The number of sulfone groups is 1. The number of hydrogen-bond acceptors (Lipinski definition) is 9.